The van der Waals surface area contributed by atoms with Gasteiger partial charge >= 0.3 is 5.97 Å². The molecular formula is C38H55FO5. The van der Waals surface area contributed by atoms with E-state index >= 15 is 0 Å². The molecule has 0 aromatic carbocycles. The molecule has 8 atom stereocenters. The number of Topliss-reactive ketones (excluding diaryl/α,β-unsaturated/α-hetero) is 1. The largest absolute Gasteiger partial charge is 0.481 e. The number of ketones is 1. The van der Waals surface area contributed by atoms with Gasteiger partial charge in [-0.2, -0.15) is 0 Å². The van der Waals surface area contributed by atoms with Crippen LogP contribution in [-0.4, -0.2) is 46.0 Å². The Morgan fingerprint density at radius 3 is 2.20 bits per heavy atom. The van der Waals surface area contributed by atoms with Gasteiger partial charge < -0.3 is 15.3 Å². The van der Waals surface area contributed by atoms with Crippen molar-refractivity contribution in [2.24, 2.45) is 50.2 Å². The number of aliphatic carboxylic acids is 1. The van der Waals surface area contributed by atoms with E-state index in [2.05, 4.69) is 54.5 Å². The molecule has 0 amide bonds. The van der Waals surface area contributed by atoms with Crippen LogP contribution in [-0.2, 0) is 9.59 Å². The number of halogens is 1. The van der Waals surface area contributed by atoms with Gasteiger partial charge in [-0.1, -0.05) is 66.2 Å². The summed E-state index contributed by atoms with van der Waals surface area (Å²) < 4.78 is 13.9. The van der Waals surface area contributed by atoms with E-state index in [9.17, 15) is 29.3 Å². The maximum Gasteiger partial charge on any atom is 0.312 e. The average molecular weight is 611 g/mol. The fourth-order valence-corrected chi connectivity index (χ4v) is 12.4. The summed E-state index contributed by atoms with van der Waals surface area (Å²) in [5, 5.41) is 33.5. The van der Waals surface area contributed by atoms with Gasteiger partial charge in [0.2, 0.25) is 0 Å². The van der Waals surface area contributed by atoms with Crippen molar-refractivity contribution in [1.82, 2.24) is 0 Å². The van der Waals surface area contributed by atoms with Crippen LogP contribution in [0.25, 0.3) is 0 Å². The van der Waals surface area contributed by atoms with Gasteiger partial charge in [0.1, 0.15) is 6.67 Å². The van der Waals surface area contributed by atoms with Crippen LogP contribution in [0.15, 0.2) is 34.4 Å². The van der Waals surface area contributed by atoms with Crippen molar-refractivity contribution in [3.8, 4) is 0 Å². The molecule has 6 aliphatic rings. The Kier molecular flexibility index (Phi) is 7.21. The van der Waals surface area contributed by atoms with Gasteiger partial charge in [0, 0.05) is 22.7 Å². The zero-order valence-corrected chi connectivity index (χ0v) is 28.1. The van der Waals surface area contributed by atoms with Crippen LogP contribution < -0.4 is 0 Å². The van der Waals surface area contributed by atoms with E-state index in [1.165, 1.54) is 5.57 Å². The highest BCUT2D eigenvalue weighted by Crippen LogP contribution is 2.77. The van der Waals surface area contributed by atoms with Crippen LogP contribution in [0.5, 0.6) is 0 Å². The minimum atomic E-state index is -1.34. The Morgan fingerprint density at radius 1 is 0.955 bits per heavy atom. The molecule has 0 radical (unpaired) electrons. The van der Waals surface area contributed by atoms with E-state index in [-0.39, 0.29) is 53.3 Å². The summed E-state index contributed by atoms with van der Waals surface area (Å²) >= 11 is 0. The summed E-state index contributed by atoms with van der Waals surface area (Å²) in [6.45, 7) is 15.0. The molecule has 6 aliphatic carbocycles. The Bertz CT molecular complexity index is 1370. The second-order valence-electron chi connectivity index (χ2n) is 17.4. The number of hydrogen-bond donors (Lipinski definition) is 3. The molecule has 0 aromatic rings. The average Bonchev–Trinajstić information content (AvgIpc) is 3.28. The first-order valence-corrected chi connectivity index (χ1v) is 17.2. The molecule has 0 spiro atoms. The third-order valence-corrected chi connectivity index (χ3v) is 15.4. The smallest absolute Gasteiger partial charge is 0.312 e. The van der Waals surface area contributed by atoms with Crippen molar-refractivity contribution in [2.75, 3.05) is 13.3 Å². The highest BCUT2D eigenvalue weighted by Gasteiger charge is 2.73. The van der Waals surface area contributed by atoms with E-state index in [0.717, 1.165) is 55.2 Å². The van der Waals surface area contributed by atoms with E-state index in [0.29, 0.717) is 25.2 Å². The fourth-order valence-electron chi connectivity index (χ4n) is 12.4. The second kappa shape index (κ2) is 9.86. The van der Waals surface area contributed by atoms with Gasteiger partial charge in [0.05, 0.1) is 17.6 Å². The molecule has 1 unspecified atom stereocenters. The number of rotatable bonds is 5. The number of allylic oxidation sites excluding steroid dienone is 4. The first-order valence-electron chi connectivity index (χ1n) is 17.2. The monoisotopic (exact) mass is 610 g/mol. The number of alkyl halides is 1. The third-order valence-electron chi connectivity index (χ3n) is 15.4. The topological polar surface area (TPSA) is 94.8 Å². The third kappa shape index (κ3) is 3.70. The molecule has 0 aliphatic heterocycles. The minimum absolute atomic E-state index is 0.0347. The first kappa shape index (κ1) is 32.2. The van der Waals surface area contributed by atoms with Crippen LogP contribution in [0.4, 0.5) is 4.39 Å². The lowest BCUT2D eigenvalue weighted by atomic mass is 9.32. The number of fused-ring (bicyclic) bond motifs is 7. The molecule has 0 saturated heterocycles. The minimum Gasteiger partial charge on any atom is -0.481 e. The summed E-state index contributed by atoms with van der Waals surface area (Å²) in [7, 11) is 0. The highest BCUT2D eigenvalue weighted by atomic mass is 19.1. The number of carboxylic acids is 1. The summed E-state index contributed by atoms with van der Waals surface area (Å²) in [6.07, 6.45) is 11.8. The number of carbonyl (C=O) groups is 2. The lowest BCUT2D eigenvalue weighted by Gasteiger charge is -2.73. The van der Waals surface area contributed by atoms with Crippen molar-refractivity contribution < 1.29 is 29.3 Å². The van der Waals surface area contributed by atoms with Gasteiger partial charge in [-0.25, -0.2) is 4.39 Å². The summed E-state index contributed by atoms with van der Waals surface area (Å²) in [6, 6.07) is 0. The van der Waals surface area contributed by atoms with Crippen molar-refractivity contribution in [3.05, 3.63) is 34.4 Å². The molecule has 3 saturated carbocycles. The lowest BCUT2D eigenvalue weighted by molar-refractivity contribution is -0.268. The number of aliphatic hydroxyl groups is 2. The molecule has 44 heavy (non-hydrogen) atoms. The molecule has 3 fully saturated rings. The van der Waals surface area contributed by atoms with Crippen molar-refractivity contribution >= 4 is 11.8 Å². The van der Waals surface area contributed by atoms with Crippen LogP contribution in [0, 0.1) is 50.2 Å². The Balaban J connectivity index is 1.39. The van der Waals surface area contributed by atoms with Crippen LogP contribution >= 0.6 is 0 Å². The second-order valence-corrected chi connectivity index (χ2v) is 17.4. The van der Waals surface area contributed by atoms with Crippen LogP contribution in [0.1, 0.15) is 119 Å². The van der Waals surface area contributed by atoms with Crippen LogP contribution in [0.2, 0.25) is 0 Å². The maximum atomic E-state index is 13.9. The van der Waals surface area contributed by atoms with E-state index in [4.69, 9.17) is 0 Å². The van der Waals surface area contributed by atoms with E-state index in [1.807, 2.05) is 6.08 Å². The molecular weight excluding hydrogens is 555 g/mol. The maximum absolute atomic E-state index is 13.9. The van der Waals surface area contributed by atoms with Gasteiger partial charge in [-0.15, -0.1) is 0 Å². The zero-order chi connectivity index (χ0) is 32.3. The predicted octanol–water partition coefficient (Wildman–Crippen LogP) is 7.76. The molecule has 6 heteroatoms. The quantitative estimate of drug-likeness (QED) is 0.296. The molecule has 0 heterocycles. The summed E-state index contributed by atoms with van der Waals surface area (Å²) in [4.78, 5) is 25.3. The summed E-state index contributed by atoms with van der Waals surface area (Å²) in [5.41, 5.74) is 0.794. The lowest BCUT2D eigenvalue weighted by Crippen LogP contribution is -2.71. The summed E-state index contributed by atoms with van der Waals surface area (Å²) in [5.74, 6) is -0.119. The molecule has 6 rings (SSSR count). The van der Waals surface area contributed by atoms with Crippen molar-refractivity contribution in [1.29, 1.82) is 0 Å². The number of carbonyl (C=O) groups excluding carboxylic acids is 1. The highest BCUT2D eigenvalue weighted by molar-refractivity contribution is 6.00. The Hall–Kier alpha value is -1.79. The van der Waals surface area contributed by atoms with Gasteiger partial charge in [0.25, 0.3) is 0 Å². The van der Waals surface area contributed by atoms with Crippen LogP contribution in [0.3, 0.4) is 0 Å². The number of hydrogen-bond acceptors (Lipinski definition) is 4. The number of aliphatic hydroxyl groups excluding tert-OH is 1. The molecule has 244 valence electrons. The van der Waals surface area contributed by atoms with Gasteiger partial charge in [-0.05, 0) is 110 Å². The first-order chi connectivity index (χ1) is 20.4. The van der Waals surface area contributed by atoms with E-state index in [1.54, 1.807) is 0 Å². The number of carboxylic acid groups (broad SMARTS) is 1. The molecule has 0 aromatic heterocycles. The van der Waals surface area contributed by atoms with E-state index < -0.39 is 34.5 Å². The van der Waals surface area contributed by atoms with Gasteiger partial charge in [0.15, 0.2) is 5.78 Å². The Morgan fingerprint density at radius 2 is 1.64 bits per heavy atom. The molecule has 0 bridgehead atoms. The molecule has 3 N–H and O–H groups in total. The Labute approximate surface area is 263 Å². The van der Waals surface area contributed by atoms with Crippen molar-refractivity contribution in [3.63, 3.8) is 0 Å². The normalized spacial score (nSPS) is 46.5. The SMILES string of the molecule is CC(C)C1=C2[C@H]3CC[C@@H]4[C@@]5(C)CC=C(C6=CC[C@](CF)(C(=O)O)CC6)C(C)(C)C5(O)CC[C@@]4(C)[C@]3(C)CC[C@@]2(CO)CC1=O. The standard InChI is InChI=1S/C38H55FO5/c1-23(2)29-27(41)20-37(22-40)18-16-33(5)26(30(29)37)8-9-28-34(33,6)17-19-38(44)32(3,4)25(12-13-35(28,38)7)24-10-14-36(21-39,15-11-24)31(42)43/h10,12,23,26,28,40,44H,8-9,11,13-22H2,1-7H3,(H,42,43)/t26-,28+,33-,34-,35-,36+,37+,38?/m1/s1. The fraction of sp³-hybridized carbons (Fsp3) is 0.789. The predicted molar refractivity (Wildman–Crippen MR) is 169 cm³/mol. The van der Waals surface area contributed by atoms with Gasteiger partial charge in [-0.3, -0.25) is 9.59 Å². The molecule has 5 nitrogen and oxygen atoms in total. The van der Waals surface area contributed by atoms with Crippen molar-refractivity contribution in [2.45, 2.75) is 125 Å². The zero-order valence-electron chi connectivity index (χ0n) is 28.1.